The second kappa shape index (κ2) is 5.15. The van der Waals surface area contributed by atoms with E-state index in [0.717, 1.165) is 11.1 Å². The van der Waals surface area contributed by atoms with E-state index in [9.17, 15) is 4.39 Å². The molecule has 0 saturated carbocycles. The van der Waals surface area contributed by atoms with E-state index in [4.69, 9.17) is 4.42 Å². The van der Waals surface area contributed by atoms with Crippen molar-refractivity contribution in [1.29, 1.82) is 0 Å². The van der Waals surface area contributed by atoms with Crippen LogP contribution in [0.25, 0.3) is 0 Å². The summed E-state index contributed by atoms with van der Waals surface area (Å²) < 4.78 is 18.1. The van der Waals surface area contributed by atoms with Gasteiger partial charge < -0.3 is 9.73 Å². The van der Waals surface area contributed by atoms with Gasteiger partial charge in [0.1, 0.15) is 5.82 Å². The van der Waals surface area contributed by atoms with Crippen molar-refractivity contribution in [3.8, 4) is 0 Å². The fourth-order valence-electron chi connectivity index (χ4n) is 1.86. The molecule has 0 aliphatic carbocycles. The fourth-order valence-corrected chi connectivity index (χ4v) is 1.86. The SMILES string of the molecule is CC(N[C@H](C)c1cccc(F)c1)c1ccoc1. The van der Waals surface area contributed by atoms with Gasteiger partial charge in [0, 0.05) is 17.6 Å². The minimum Gasteiger partial charge on any atom is -0.472 e. The highest BCUT2D eigenvalue weighted by atomic mass is 19.1. The maximum atomic E-state index is 13.1. The summed E-state index contributed by atoms with van der Waals surface area (Å²) in [6.07, 6.45) is 3.37. The minimum absolute atomic E-state index is 0.0931. The molecule has 0 spiro atoms. The third-order valence-electron chi connectivity index (χ3n) is 2.89. The van der Waals surface area contributed by atoms with Crippen molar-refractivity contribution in [2.24, 2.45) is 0 Å². The van der Waals surface area contributed by atoms with Gasteiger partial charge in [-0.25, -0.2) is 4.39 Å². The average molecular weight is 233 g/mol. The van der Waals surface area contributed by atoms with Gasteiger partial charge in [-0.1, -0.05) is 12.1 Å². The van der Waals surface area contributed by atoms with E-state index >= 15 is 0 Å². The lowest BCUT2D eigenvalue weighted by Gasteiger charge is -2.19. The Morgan fingerprint density at radius 2 is 1.88 bits per heavy atom. The van der Waals surface area contributed by atoms with Crippen molar-refractivity contribution >= 4 is 0 Å². The van der Waals surface area contributed by atoms with Gasteiger partial charge >= 0.3 is 0 Å². The smallest absolute Gasteiger partial charge is 0.123 e. The molecule has 1 unspecified atom stereocenters. The molecule has 2 atom stereocenters. The van der Waals surface area contributed by atoms with Gasteiger partial charge in [0.15, 0.2) is 0 Å². The second-order valence-electron chi connectivity index (χ2n) is 4.22. The molecule has 0 aliphatic heterocycles. The fraction of sp³-hybridized carbons (Fsp3) is 0.286. The molecule has 1 N–H and O–H groups in total. The summed E-state index contributed by atoms with van der Waals surface area (Å²) in [5.74, 6) is -0.202. The predicted octanol–water partition coefficient (Wildman–Crippen LogP) is 3.83. The Kier molecular flexibility index (Phi) is 3.59. The van der Waals surface area contributed by atoms with Crippen molar-refractivity contribution < 1.29 is 8.81 Å². The number of nitrogens with one attached hydrogen (secondary N) is 1. The number of halogens is 1. The molecule has 0 bridgehead atoms. The molecule has 0 aliphatic rings. The van der Waals surface area contributed by atoms with Crippen LogP contribution in [0, 0.1) is 5.82 Å². The Morgan fingerprint density at radius 1 is 1.12 bits per heavy atom. The molecule has 2 rings (SSSR count). The minimum atomic E-state index is -0.202. The lowest BCUT2D eigenvalue weighted by Crippen LogP contribution is -2.22. The van der Waals surface area contributed by atoms with Crippen LogP contribution in [0.1, 0.15) is 37.1 Å². The van der Waals surface area contributed by atoms with E-state index in [-0.39, 0.29) is 17.9 Å². The van der Waals surface area contributed by atoms with Crippen LogP contribution < -0.4 is 5.32 Å². The van der Waals surface area contributed by atoms with Crippen LogP contribution in [0.2, 0.25) is 0 Å². The molecule has 0 saturated heterocycles. The van der Waals surface area contributed by atoms with Gasteiger partial charge in [-0.2, -0.15) is 0 Å². The highest BCUT2D eigenvalue weighted by molar-refractivity contribution is 5.20. The lowest BCUT2D eigenvalue weighted by atomic mass is 10.1. The summed E-state index contributed by atoms with van der Waals surface area (Å²) in [4.78, 5) is 0. The highest BCUT2D eigenvalue weighted by Crippen LogP contribution is 2.19. The molecule has 1 heterocycles. The van der Waals surface area contributed by atoms with Gasteiger partial charge in [0.2, 0.25) is 0 Å². The zero-order valence-corrected chi connectivity index (χ0v) is 9.98. The summed E-state index contributed by atoms with van der Waals surface area (Å²) in [6.45, 7) is 4.08. The zero-order chi connectivity index (χ0) is 12.3. The summed E-state index contributed by atoms with van der Waals surface area (Å²) >= 11 is 0. The van der Waals surface area contributed by atoms with Crippen LogP contribution in [0.3, 0.4) is 0 Å². The first kappa shape index (κ1) is 11.9. The van der Waals surface area contributed by atoms with Gasteiger partial charge in [-0.05, 0) is 37.6 Å². The molecular formula is C14H16FNO. The molecule has 17 heavy (non-hydrogen) atoms. The maximum Gasteiger partial charge on any atom is 0.123 e. The monoisotopic (exact) mass is 233 g/mol. The third kappa shape index (κ3) is 2.94. The molecule has 0 fully saturated rings. The molecule has 2 nitrogen and oxygen atoms in total. The Hall–Kier alpha value is -1.61. The van der Waals surface area contributed by atoms with Crippen molar-refractivity contribution in [3.05, 3.63) is 59.8 Å². The maximum absolute atomic E-state index is 13.1. The van der Waals surface area contributed by atoms with Crippen LogP contribution in [-0.2, 0) is 0 Å². The highest BCUT2D eigenvalue weighted by Gasteiger charge is 2.12. The lowest BCUT2D eigenvalue weighted by molar-refractivity contribution is 0.484. The molecule has 90 valence electrons. The van der Waals surface area contributed by atoms with E-state index < -0.39 is 0 Å². The summed E-state index contributed by atoms with van der Waals surface area (Å²) in [6, 6.07) is 8.85. The van der Waals surface area contributed by atoms with E-state index in [2.05, 4.69) is 12.2 Å². The topological polar surface area (TPSA) is 25.2 Å². The Labute approximate surface area is 100 Å². The van der Waals surface area contributed by atoms with Crippen molar-refractivity contribution in [1.82, 2.24) is 5.32 Å². The van der Waals surface area contributed by atoms with E-state index in [0.29, 0.717) is 0 Å². The first-order valence-electron chi connectivity index (χ1n) is 5.70. The van der Waals surface area contributed by atoms with E-state index in [1.807, 2.05) is 19.1 Å². The second-order valence-corrected chi connectivity index (χ2v) is 4.22. The normalized spacial score (nSPS) is 14.5. The van der Waals surface area contributed by atoms with Crippen molar-refractivity contribution in [3.63, 3.8) is 0 Å². The third-order valence-corrected chi connectivity index (χ3v) is 2.89. The summed E-state index contributed by atoms with van der Waals surface area (Å²) in [5, 5.41) is 3.40. The quantitative estimate of drug-likeness (QED) is 0.868. The summed E-state index contributed by atoms with van der Waals surface area (Å²) in [5.41, 5.74) is 2.04. The number of hydrogen-bond acceptors (Lipinski definition) is 2. The molecule has 0 radical (unpaired) electrons. The number of hydrogen-bond donors (Lipinski definition) is 1. The molecule has 1 aromatic heterocycles. The number of rotatable bonds is 4. The Balaban J connectivity index is 2.04. The van der Waals surface area contributed by atoms with E-state index in [1.54, 1.807) is 24.7 Å². The molecule has 3 heteroatoms. The van der Waals surface area contributed by atoms with Crippen LogP contribution >= 0.6 is 0 Å². The van der Waals surface area contributed by atoms with Gasteiger partial charge in [-0.15, -0.1) is 0 Å². The van der Waals surface area contributed by atoms with Crippen LogP contribution in [0.15, 0.2) is 47.3 Å². The van der Waals surface area contributed by atoms with Crippen molar-refractivity contribution in [2.45, 2.75) is 25.9 Å². The van der Waals surface area contributed by atoms with Gasteiger partial charge in [0.05, 0.1) is 12.5 Å². The standard InChI is InChI=1S/C14H16FNO/c1-10(12-4-3-5-14(15)8-12)16-11(2)13-6-7-17-9-13/h3-11,16H,1-2H3/t10-,11?/m1/s1. The van der Waals surface area contributed by atoms with Gasteiger partial charge in [0.25, 0.3) is 0 Å². The molecule has 2 aromatic rings. The van der Waals surface area contributed by atoms with Crippen LogP contribution in [0.5, 0.6) is 0 Å². The zero-order valence-electron chi connectivity index (χ0n) is 9.98. The van der Waals surface area contributed by atoms with Gasteiger partial charge in [-0.3, -0.25) is 0 Å². The van der Waals surface area contributed by atoms with Crippen LogP contribution in [-0.4, -0.2) is 0 Å². The largest absolute Gasteiger partial charge is 0.472 e. The molecular weight excluding hydrogens is 217 g/mol. The first-order valence-corrected chi connectivity index (χ1v) is 5.70. The first-order chi connectivity index (χ1) is 8.16. The molecule has 0 amide bonds. The summed E-state index contributed by atoms with van der Waals surface area (Å²) in [7, 11) is 0. The number of benzene rings is 1. The van der Waals surface area contributed by atoms with E-state index in [1.165, 1.54) is 6.07 Å². The van der Waals surface area contributed by atoms with Crippen LogP contribution in [0.4, 0.5) is 4.39 Å². The Bertz CT molecular complexity index is 467. The average Bonchev–Trinajstić information content (AvgIpc) is 2.82. The predicted molar refractivity (Wildman–Crippen MR) is 65.1 cm³/mol. The number of furan rings is 1. The molecule has 1 aromatic carbocycles. The Morgan fingerprint density at radius 3 is 2.53 bits per heavy atom. The van der Waals surface area contributed by atoms with Crippen molar-refractivity contribution in [2.75, 3.05) is 0 Å².